The van der Waals surface area contributed by atoms with Crippen molar-refractivity contribution in [1.29, 1.82) is 0 Å². The van der Waals surface area contributed by atoms with Crippen molar-refractivity contribution in [3.63, 3.8) is 0 Å². The molecule has 1 saturated heterocycles. The van der Waals surface area contributed by atoms with Crippen molar-refractivity contribution in [2.45, 2.75) is 12.5 Å². The lowest BCUT2D eigenvalue weighted by Gasteiger charge is -2.11. The van der Waals surface area contributed by atoms with E-state index in [9.17, 15) is 13.2 Å². The number of amides is 1. The Balaban J connectivity index is 1.42. The van der Waals surface area contributed by atoms with E-state index in [1.54, 1.807) is 0 Å². The molecule has 1 aromatic heterocycles. The third-order valence-electron chi connectivity index (χ3n) is 4.45. The Bertz CT molecular complexity index is 1060. The Kier molecular flexibility index (Phi) is 3.88. The molecule has 25 heavy (non-hydrogen) atoms. The van der Waals surface area contributed by atoms with Crippen LogP contribution in [0.5, 0.6) is 5.75 Å². The number of sulfone groups is 1. The van der Waals surface area contributed by atoms with Crippen LogP contribution in [0.3, 0.4) is 0 Å². The molecular formula is C18H18N2O4S. The number of hydrogen-bond donors (Lipinski definition) is 2. The first kappa shape index (κ1) is 16.0. The molecule has 1 fully saturated rings. The number of carbonyl (C=O) groups is 1. The Morgan fingerprint density at radius 2 is 1.96 bits per heavy atom. The van der Waals surface area contributed by atoms with Gasteiger partial charge in [-0.2, -0.15) is 0 Å². The Hall–Kier alpha value is -2.54. The molecule has 2 heterocycles. The molecule has 0 unspecified atom stereocenters. The van der Waals surface area contributed by atoms with Gasteiger partial charge in [0.25, 0.3) is 5.91 Å². The second kappa shape index (κ2) is 6.07. The van der Waals surface area contributed by atoms with Crippen molar-refractivity contribution < 1.29 is 17.9 Å². The van der Waals surface area contributed by atoms with Gasteiger partial charge in [0.2, 0.25) is 0 Å². The van der Waals surface area contributed by atoms with E-state index in [0.29, 0.717) is 12.2 Å². The lowest BCUT2D eigenvalue weighted by molar-refractivity contribution is -0.123. The van der Waals surface area contributed by atoms with Crippen LogP contribution in [0.1, 0.15) is 6.42 Å². The molecule has 0 saturated carbocycles. The van der Waals surface area contributed by atoms with Crippen molar-refractivity contribution in [2.24, 2.45) is 0 Å². The van der Waals surface area contributed by atoms with Crippen LogP contribution in [0.4, 0.5) is 0 Å². The van der Waals surface area contributed by atoms with E-state index in [-0.39, 0.29) is 30.1 Å². The average molecular weight is 358 g/mol. The number of hydrogen-bond acceptors (Lipinski definition) is 4. The van der Waals surface area contributed by atoms with Crippen molar-refractivity contribution in [1.82, 2.24) is 10.3 Å². The molecule has 0 bridgehead atoms. The van der Waals surface area contributed by atoms with E-state index in [1.165, 1.54) is 0 Å². The molecule has 2 N–H and O–H groups in total. The maximum absolute atomic E-state index is 11.9. The first-order chi connectivity index (χ1) is 12.0. The summed E-state index contributed by atoms with van der Waals surface area (Å²) in [5.41, 5.74) is 2.00. The number of H-pyrrole nitrogens is 1. The third-order valence-corrected chi connectivity index (χ3v) is 6.21. The van der Waals surface area contributed by atoms with Crippen LogP contribution in [0, 0.1) is 0 Å². The van der Waals surface area contributed by atoms with Gasteiger partial charge in [-0.3, -0.25) is 4.79 Å². The van der Waals surface area contributed by atoms with Crippen LogP contribution in [0.15, 0.2) is 42.5 Å². The number of para-hydroxylation sites is 1. The zero-order valence-corrected chi connectivity index (χ0v) is 14.3. The molecule has 1 aliphatic heterocycles. The second-order valence-electron chi connectivity index (χ2n) is 6.33. The fraction of sp³-hybridized carbons (Fsp3) is 0.278. The number of aromatic amines is 1. The lowest BCUT2D eigenvalue weighted by Crippen LogP contribution is -2.38. The lowest BCUT2D eigenvalue weighted by atomic mass is 10.1. The summed E-state index contributed by atoms with van der Waals surface area (Å²) in [6.45, 7) is -0.137. The molecular weight excluding hydrogens is 340 g/mol. The number of benzene rings is 2. The van der Waals surface area contributed by atoms with E-state index in [0.717, 1.165) is 21.8 Å². The number of ether oxygens (including phenoxy) is 1. The van der Waals surface area contributed by atoms with Crippen molar-refractivity contribution in [3.8, 4) is 5.75 Å². The molecule has 0 aliphatic carbocycles. The maximum atomic E-state index is 11.9. The summed E-state index contributed by atoms with van der Waals surface area (Å²) in [4.78, 5) is 15.3. The van der Waals surface area contributed by atoms with Crippen molar-refractivity contribution in [3.05, 3.63) is 42.5 Å². The minimum absolute atomic E-state index is 0.0137. The molecule has 130 valence electrons. The van der Waals surface area contributed by atoms with Gasteiger partial charge in [0.15, 0.2) is 16.4 Å². The van der Waals surface area contributed by atoms with Gasteiger partial charge < -0.3 is 15.0 Å². The minimum atomic E-state index is -3.01. The predicted molar refractivity (Wildman–Crippen MR) is 96.5 cm³/mol. The van der Waals surface area contributed by atoms with E-state index >= 15 is 0 Å². The highest BCUT2D eigenvalue weighted by atomic mass is 32.2. The largest absolute Gasteiger partial charge is 0.484 e. The van der Waals surface area contributed by atoms with Crippen LogP contribution in [-0.2, 0) is 14.6 Å². The van der Waals surface area contributed by atoms with Gasteiger partial charge in [0, 0.05) is 28.4 Å². The summed E-state index contributed by atoms with van der Waals surface area (Å²) in [6, 6.07) is 13.4. The molecule has 2 aromatic carbocycles. The quantitative estimate of drug-likeness (QED) is 0.747. The molecule has 1 amide bonds. The summed E-state index contributed by atoms with van der Waals surface area (Å²) in [5, 5.41) is 4.96. The van der Waals surface area contributed by atoms with Gasteiger partial charge in [-0.15, -0.1) is 0 Å². The zero-order valence-electron chi connectivity index (χ0n) is 13.5. The Morgan fingerprint density at radius 1 is 1.16 bits per heavy atom. The maximum Gasteiger partial charge on any atom is 0.258 e. The molecule has 4 rings (SSSR count). The molecule has 0 radical (unpaired) electrons. The van der Waals surface area contributed by atoms with Crippen LogP contribution in [-0.4, -0.2) is 43.5 Å². The SMILES string of the molecule is O=C(COc1ccc2c(c1)[nH]c1ccccc12)N[C@@H]1CCS(=O)(=O)C1. The fourth-order valence-electron chi connectivity index (χ4n) is 3.25. The Labute approximate surface area is 145 Å². The predicted octanol–water partition coefficient (Wildman–Crippen LogP) is 2.00. The summed E-state index contributed by atoms with van der Waals surface area (Å²) in [6.07, 6.45) is 0.467. The van der Waals surface area contributed by atoms with Crippen molar-refractivity contribution >= 4 is 37.6 Å². The van der Waals surface area contributed by atoms with Gasteiger partial charge in [-0.25, -0.2) is 8.42 Å². The number of rotatable bonds is 4. The second-order valence-corrected chi connectivity index (χ2v) is 8.56. The monoisotopic (exact) mass is 358 g/mol. The van der Waals surface area contributed by atoms with Crippen LogP contribution < -0.4 is 10.1 Å². The number of nitrogens with one attached hydrogen (secondary N) is 2. The van der Waals surface area contributed by atoms with Crippen LogP contribution >= 0.6 is 0 Å². The van der Waals surface area contributed by atoms with E-state index in [2.05, 4.69) is 16.4 Å². The van der Waals surface area contributed by atoms with Gasteiger partial charge in [-0.1, -0.05) is 18.2 Å². The highest BCUT2D eigenvalue weighted by Crippen LogP contribution is 2.28. The summed E-state index contributed by atoms with van der Waals surface area (Å²) in [7, 11) is -3.01. The first-order valence-corrected chi connectivity index (χ1v) is 9.95. The number of fused-ring (bicyclic) bond motifs is 3. The molecule has 0 spiro atoms. The fourth-order valence-corrected chi connectivity index (χ4v) is 4.92. The zero-order chi connectivity index (χ0) is 17.4. The topological polar surface area (TPSA) is 88.3 Å². The number of carbonyl (C=O) groups excluding carboxylic acids is 1. The average Bonchev–Trinajstić information content (AvgIpc) is 3.11. The van der Waals surface area contributed by atoms with Gasteiger partial charge in [-0.05, 0) is 24.6 Å². The molecule has 6 nitrogen and oxygen atoms in total. The normalized spacial score (nSPS) is 19.3. The van der Waals surface area contributed by atoms with Crippen molar-refractivity contribution in [2.75, 3.05) is 18.1 Å². The minimum Gasteiger partial charge on any atom is -0.484 e. The first-order valence-electron chi connectivity index (χ1n) is 8.13. The van der Waals surface area contributed by atoms with E-state index in [1.807, 2.05) is 36.4 Å². The number of aromatic nitrogens is 1. The van der Waals surface area contributed by atoms with E-state index in [4.69, 9.17) is 4.74 Å². The summed E-state index contributed by atoms with van der Waals surface area (Å²) < 4.78 is 28.4. The van der Waals surface area contributed by atoms with Crippen LogP contribution in [0.25, 0.3) is 21.8 Å². The van der Waals surface area contributed by atoms with E-state index < -0.39 is 9.84 Å². The molecule has 1 atom stereocenters. The highest BCUT2D eigenvalue weighted by molar-refractivity contribution is 7.91. The molecule has 7 heteroatoms. The highest BCUT2D eigenvalue weighted by Gasteiger charge is 2.28. The standard InChI is InChI=1S/C18H18N2O4S/c21-18(19-12-7-8-25(22,23)11-12)10-24-13-5-6-15-14-3-1-2-4-16(14)20-17(15)9-13/h1-6,9,12,20H,7-8,10-11H2,(H,19,21)/t12-/m1/s1. The summed E-state index contributed by atoms with van der Waals surface area (Å²) in [5.74, 6) is 0.433. The van der Waals surface area contributed by atoms with Crippen LogP contribution in [0.2, 0.25) is 0 Å². The van der Waals surface area contributed by atoms with Gasteiger partial charge >= 0.3 is 0 Å². The molecule has 3 aromatic rings. The smallest absolute Gasteiger partial charge is 0.258 e. The summed E-state index contributed by atoms with van der Waals surface area (Å²) >= 11 is 0. The van der Waals surface area contributed by atoms with Gasteiger partial charge in [0.05, 0.1) is 17.0 Å². The Morgan fingerprint density at radius 3 is 2.76 bits per heavy atom. The third kappa shape index (κ3) is 3.32. The van der Waals surface area contributed by atoms with Gasteiger partial charge in [0.1, 0.15) is 5.75 Å². The molecule has 1 aliphatic rings.